The van der Waals surface area contributed by atoms with E-state index in [-0.39, 0.29) is 5.91 Å². The quantitative estimate of drug-likeness (QED) is 0.927. The number of thiazole rings is 1. The van der Waals surface area contributed by atoms with Crippen LogP contribution in [0.5, 0.6) is 0 Å². The third-order valence-corrected chi connectivity index (χ3v) is 3.87. The predicted molar refractivity (Wildman–Crippen MR) is 78.6 cm³/mol. The number of benzene rings is 1. The van der Waals surface area contributed by atoms with Crippen LogP contribution in [0.25, 0.3) is 0 Å². The smallest absolute Gasteiger partial charge is 0.251 e. The van der Waals surface area contributed by atoms with E-state index in [1.54, 1.807) is 11.3 Å². The lowest BCUT2D eigenvalue weighted by atomic mass is 10.0. The molecule has 0 atom stereocenters. The van der Waals surface area contributed by atoms with E-state index >= 15 is 0 Å². The molecule has 4 heteroatoms. The van der Waals surface area contributed by atoms with Crippen molar-refractivity contribution in [3.05, 3.63) is 51.5 Å². The van der Waals surface area contributed by atoms with Gasteiger partial charge in [0.15, 0.2) is 0 Å². The highest BCUT2D eigenvalue weighted by molar-refractivity contribution is 7.09. The van der Waals surface area contributed by atoms with Crippen LogP contribution in [0.3, 0.4) is 0 Å². The standard InChI is InChI=1S/C15H18N2OS/c1-10(2)12-4-6-13(7-5-12)15(18)16-8-14-17-11(3)9-19-14/h4-7,9-10H,8H2,1-3H3,(H,16,18). The second-order valence-electron chi connectivity index (χ2n) is 4.84. The van der Waals surface area contributed by atoms with Gasteiger partial charge in [0.2, 0.25) is 0 Å². The monoisotopic (exact) mass is 274 g/mol. The van der Waals surface area contributed by atoms with Gasteiger partial charge in [-0.15, -0.1) is 11.3 Å². The number of carbonyl (C=O) groups excluding carboxylic acids is 1. The Hall–Kier alpha value is -1.68. The molecule has 19 heavy (non-hydrogen) atoms. The number of carbonyl (C=O) groups is 1. The molecule has 1 heterocycles. The molecule has 3 nitrogen and oxygen atoms in total. The van der Waals surface area contributed by atoms with Crippen molar-refractivity contribution in [3.63, 3.8) is 0 Å². The average Bonchev–Trinajstić information content (AvgIpc) is 2.82. The minimum Gasteiger partial charge on any atom is -0.346 e. The molecule has 2 rings (SSSR count). The SMILES string of the molecule is Cc1csc(CNC(=O)c2ccc(C(C)C)cc2)n1. The van der Waals surface area contributed by atoms with Crippen molar-refractivity contribution in [1.29, 1.82) is 0 Å². The fourth-order valence-electron chi connectivity index (χ4n) is 1.76. The summed E-state index contributed by atoms with van der Waals surface area (Å²) in [6.07, 6.45) is 0. The molecular formula is C15H18N2OS. The van der Waals surface area contributed by atoms with Crippen LogP contribution in [-0.2, 0) is 6.54 Å². The van der Waals surface area contributed by atoms with Crippen LogP contribution in [0.4, 0.5) is 0 Å². The number of nitrogens with zero attached hydrogens (tertiary/aromatic N) is 1. The minimum atomic E-state index is -0.0526. The van der Waals surface area contributed by atoms with E-state index in [2.05, 4.69) is 24.1 Å². The first kappa shape index (κ1) is 13.7. The van der Waals surface area contributed by atoms with E-state index in [1.807, 2.05) is 36.6 Å². The summed E-state index contributed by atoms with van der Waals surface area (Å²) in [5.74, 6) is 0.429. The van der Waals surface area contributed by atoms with Crippen LogP contribution in [0.1, 0.15) is 46.4 Å². The summed E-state index contributed by atoms with van der Waals surface area (Å²) < 4.78 is 0. The Morgan fingerprint density at radius 1 is 1.32 bits per heavy atom. The largest absolute Gasteiger partial charge is 0.346 e. The Balaban J connectivity index is 1.96. The van der Waals surface area contributed by atoms with E-state index in [0.29, 0.717) is 18.0 Å². The van der Waals surface area contributed by atoms with Gasteiger partial charge in [-0.25, -0.2) is 4.98 Å². The lowest BCUT2D eigenvalue weighted by Gasteiger charge is -2.07. The molecule has 0 aliphatic heterocycles. The van der Waals surface area contributed by atoms with Crippen molar-refractivity contribution in [2.75, 3.05) is 0 Å². The van der Waals surface area contributed by atoms with Crippen LogP contribution in [0.15, 0.2) is 29.6 Å². The van der Waals surface area contributed by atoms with E-state index in [4.69, 9.17) is 0 Å². The van der Waals surface area contributed by atoms with Crippen LogP contribution >= 0.6 is 11.3 Å². The fourth-order valence-corrected chi connectivity index (χ4v) is 2.47. The number of nitrogens with one attached hydrogen (secondary N) is 1. The van der Waals surface area contributed by atoms with E-state index in [9.17, 15) is 4.79 Å². The summed E-state index contributed by atoms with van der Waals surface area (Å²) in [5, 5.41) is 5.81. The first-order valence-corrected chi connectivity index (χ1v) is 7.23. The number of aryl methyl sites for hydroxylation is 1. The van der Waals surface area contributed by atoms with Gasteiger partial charge in [0.1, 0.15) is 5.01 Å². The van der Waals surface area contributed by atoms with Crippen molar-refractivity contribution in [1.82, 2.24) is 10.3 Å². The lowest BCUT2D eigenvalue weighted by molar-refractivity contribution is 0.0951. The van der Waals surface area contributed by atoms with Gasteiger partial charge < -0.3 is 5.32 Å². The molecule has 0 aliphatic carbocycles. The van der Waals surface area contributed by atoms with Crippen molar-refractivity contribution in [2.45, 2.75) is 33.2 Å². The molecule has 1 aromatic heterocycles. The van der Waals surface area contributed by atoms with Crippen molar-refractivity contribution < 1.29 is 4.79 Å². The molecule has 1 aromatic carbocycles. The molecule has 0 fully saturated rings. The average molecular weight is 274 g/mol. The Kier molecular flexibility index (Phi) is 4.32. The van der Waals surface area contributed by atoms with Crippen LogP contribution in [0, 0.1) is 6.92 Å². The van der Waals surface area contributed by atoms with Gasteiger partial charge in [0.05, 0.1) is 6.54 Å². The molecule has 2 aromatic rings. The zero-order valence-corrected chi connectivity index (χ0v) is 12.3. The number of amides is 1. The first-order valence-electron chi connectivity index (χ1n) is 6.35. The Morgan fingerprint density at radius 2 is 2.00 bits per heavy atom. The second kappa shape index (κ2) is 5.97. The highest BCUT2D eigenvalue weighted by Crippen LogP contribution is 2.15. The molecule has 0 unspecified atom stereocenters. The topological polar surface area (TPSA) is 42.0 Å². The summed E-state index contributed by atoms with van der Waals surface area (Å²) in [4.78, 5) is 16.3. The minimum absolute atomic E-state index is 0.0526. The molecule has 0 saturated carbocycles. The van der Waals surface area contributed by atoms with Gasteiger partial charge in [-0.2, -0.15) is 0 Å². The van der Waals surface area contributed by atoms with E-state index in [0.717, 1.165) is 10.7 Å². The van der Waals surface area contributed by atoms with Gasteiger partial charge >= 0.3 is 0 Å². The van der Waals surface area contributed by atoms with Gasteiger partial charge in [0, 0.05) is 16.6 Å². The number of rotatable bonds is 4. The zero-order valence-electron chi connectivity index (χ0n) is 11.4. The number of hydrogen-bond acceptors (Lipinski definition) is 3. The molecule has 0 saturated heterocycles. The van der Waals surface area contributed by atoms with Crippen LogP contribution < -0.4 is 5.32 Å². The normalized spacial score (nSPS) is 10.7. The van der Waals surface area contributed by atoms with Crippen molar-refractivity contribution in [2.24, 2.45) is 0 Å². The molecule has 0 aliphatic rings. The maximum atomic E-state index is 12.0. The van der Waals surface area contributed by atoms with Crippen LogP contribution in [-0.4, -0.2) is 10.9 Å². The third kappa shape index (κ3) is 3.64. The van der Waals surface area contributed by atoms with Gasteiger partial charge in [-0.1, -0.05) is 26.0 Å². The highest BCUT2D eigenvalue weighted by Gasteiger charge is 2.07. The third-order valence-electron chi connectivity index (χ3n) is 2.91. The molecule has 0 spiro atoms. The molecule has 100 valence electrons. The summed E-state index contributed by atoms with van der Waals surface area (Å²) in [6.45, 7) is 6.72. The Labute approximate surface area is 117 Å². The summed E-state index contributed by atoms with van der Waals surface area (Å²) in [7, 11) is 0. The summed E-state index contributed by atoms with van der Waals surface area (Å²) >= 11 is 1.57. The highest BCUT2D eigenvalue weighted by atomic mass is 32.1. The number of aromatic nitrogens is 1. The predicted octanol–water partition coefficient (Wildman–Crippen LogP) is 3.50. The maximum absolute atomic E-state index is 12.0. The van der Waals surface area contributed by atoms with Crippen molar-refractivity contribution in [3.8, 4) is 0 Å². The number of hydrogen-bond donors (Lipinski definition) is 1. The Morgan fingerprint density at radius 3 is 2.53 bits per heavy atom. The molecular weight excluding hydrogens is 256 g/mol. The Bertz CT molecular complexity index is 558. The van der Waals surface area contributed by atoms with Gasteiger partial charge in [-0.3, -0.25) is 4.79 Å². The summed E-state index contributed by atoms with van der Waals surface area (Å²) in [6, 6.07) is 7.76. The molecule has 0 radical (unpaired) electrons. The van der Waals surface area contributed by atoms with Crippen molar-refractivity contribution >= 4 is 17.2 Å². The first-order chi connectivity index (χ1) is 9.06. The molecule has 1 N–H and O–H groups in total. The van der Waals surface area contributed by atoms with Gasteiger partial charge in [0.25, 0.3) is 5.91 Å². The fraction of sp³-hybridized carbons (Fsp3) is 0.333. The van der Waals surface area contributed by atoms with E-state index < -0.39 is 0 Å². The van der Waals surface area contributed by atoms with Gasteiger partial charge in [-0.05, 0) is 30.5 Å². The lowest BCUT2D eigenvalue weighted by Crippen LogP contribution is -2.22. The maximum Gasteiger partial charge on any atom is 0.251 e. The molecule has 0 bridgehead atoms. The zero-order chi connectivity index (χ0) is 13.8. The second-order valence-corrected chi connectivity index (χ2v) is 5.78. The summed E-state index contributed by atoms with van der Waals surface area (Å²) in [5.41, 5.74) is 2.93. The molecule has 1 amide bonds. The van der Waals surface area contributed by atoms with Crippen LogP contribution in [0.2, 0.25) is 0 Å². The van der Waals surface area contributed by atoms with E-state index in [1.165, 1.54) is 5.56 Å².